The van der Waals surface area contributed by atoms with Crippen molar-refractivity contribution in [3.8, 4) is 0 Å². The van der Waals surface area contributed by atoms with E-state index in [1.54, 1.807) is 18.3 Å². The van der Waals surface area contributed by atoms with Gasteiger partial charge in [-0.15, -0.1) is 0 Å². The molecular weight excluding hydrogens is 370 g/mol. The average Bonchev–Trinajstić information content (AvgIpc) is 3.09. The summed E-state index contributed by atoms with van der Waals surface area (Å²) in [5.74, 6) is 1.24. The topological polar surface area (TPSA) is 61.4 Å². The van der Waals surface area contributed by atoms with Crippen LogP contribution in [0.25, 0.3) is 0 Å². The van der Waals surface area contributed by atoms with Crippen LogP contribution >= 0.6 is 15.9 Å². The van der Waals surface area contributed by atoms with Crippen LogP contribution in [-0.4, -0.2) is 43.1 Å². The fourth-order valence-electron chi connectivity index (χ4n) is 2.69. The van der Waals surface area contributed by atoms with Gasteiger partial charge in [-0.05, 0) is 31.0 Å². The van der Waals surface area contributed by atoms with Gasteiger partial charge in [0.1, 0.15) is 5.69 Å². The summed E-state index contributed by atoms with van der Waals surface area (Å²) in [6.07, 6.45) is 4.02. The highest BCUT2D eigenvalue weighted by Gasteiger charge is 2.19. The minimum Gasteiger partial charge on any atom is -0.361 e. The van der Waals surface area contributed by atoms with Crippen molar-refractivity contribution in [2.45, 2.75) is 12.8 Å². The summed E-state index contributed by atoms with van der Waals surface area (Å²) in [6.45, 7) is 1.97. The number of halogens is 1. The van der Waals surface area contributed by atoms with Crippen molar-refractivity contribution in [2.75, 3.05) is 42.3 Å². The summed E-state index contributed by atoms with van der Waals surface area (Å²) >= 11 is 3.38. The lowest BCUT2D eigenvalue weighted by Gasteiger charge is -2.21. The summed E-state index contributed by atoms with van der Waals surface area (Å²) in [5.41, 5.74) is 1.19. The Morgan fingerprint density at radius 1 is 1.29 bits per heavy atom. The third kappa shape index (κ3) is 3.67. The molecule has 1 aliphatic heterocycles. The predicted molar refractivity (Wildman–Crippen MR) is 99.9 cm³/mol. The summed E-state index contributed by atoms with van der Waals surface area (Å²) in [6, 6.07) is 7.27. The highest BCUT2D eigenvalue weighted by Crippen LogP contribution is 2.26. The molecule has 1 fully saturated rings. The van der Waals surface area contributed by atoms with Crippen LogP contribution in [0.15, 0.2) is 34.9 Å². The molecule has 1 aliphatic rings. The van der Waals surface area contributed by atoms with E-state index in [0.29, 0.717) is 17.1 Å². The van der Waals surface area contributed by atoms with Crippen LogP contribution in [0.3, 0.4) is 0 Å². The quantitative estimate of drug-likeness (QED) is 0.869. The van der Waals surface area contributed by atoms with Crippen molar-refractivity contribution in [1.29, 1.82) is 0 Å². The Morgan fingerprint density at radius 3 is 2.71 bits per heavy atom. The number of hydrogen-bond acceptors (Lipinski definition) is 5. The molecule has 24 heavy (non-hydrogen) atoms. The molecule has 0 atom stereocenters. The standard InChI is InChI=1S/C17H20BrN5O/c1-22(2)15-14(11-19-17(21-15)23-8-3-4-9-23)20-16(24)12-6-5-7-13(18)10-12/h5-7,10-11H,3-4,8-9H2,1-2H3,(H,20,24). The van der Waals surface area contributed by atoms with Crippen LogP contribution < -0.4 is 15.1 Å². The lowest BCUT2D eigenvalue weighted by atomic mass is 10.2. The first kappa shape index (κ1) is 16.7. The molecule has 0 aliphatic carbocycles. The van der Waals surface area contributed by atoms with Crippen molar-refractivity contribution in [2.24, 2.45) is 0 Å². The molecule has 1 aromatic heterocycles. The molecule has 0 saturated carbocycles. The van der Waals surface area contributed by atoms with Gasteiger partial charge < -0.3 is 15.1 Å². The van der Waals surface area contributed by atoms with E-state index in [9.17, 15) is 4.79 Å². The van der Waals surface area contributed by atoms with Crippen LogP contribution in [0.4, 0.5) is 17.5 Å². The van der Waals surface area contributed by atoms with Gasteiger partial charge >= 0.3 is 0 Å². The Hall–Kier alpha value is -2.15. The smallest absolute Gasteiger partial charge is 0.255 e. The van der Waals surface area contributed by atoms with E-state index >= 15 is 0 Å². The number of rotatable bonds is 4. The first-order valence-corrected chi connectivity index (χ1v) is 8.70. The number of nitrogens with one attached hydrogen (secondary N) is 1. The Balaban J connectivity index is 1.85. The number of aromatic nitrogens is 2. The summed E-state index contributed by atoms with van der Waals surface area (Å²) < 4.78 is 0.864. The number of hydrogen-bond donors (Lipinski definition) is 1. The normalized spacial score (nSPS) is 13.9. The minimum atomic E-state index is -0.183. The second-order valence-corrected chi connectivity index (χ2v) is 6.88. The molecule has 3 rings (SSSR count). The molecule has 2 heterocycles. The van der Waals surface area contributed by atoms with Crippen LogP contribution in [0.5, 0.6) is 0 Å². The Labute approximate surface area is 150 Å². The molecule has 0 radical (unpaired) electrons. The first-order chi connectivity index (χ1) is 11.5. The molecule has 0 unspecified atom stereocenters. The van der Waals surface area contributed by atoms with Crippen LogP contribution in [-0.2, 0) is 0 Å². The SMILES string of the molecule is CN(C)c1nc(N2CCCC2)ncc1NC(=O)c1cccc(Br)c1. The number of amides is 1. The van der Waals surface area contributed by atoms with Gasteiger partial charge in [0.2, 0.25) is 5.95 Å². The fraction of sp³-hybridized carbons (Fsp3) is 0.353. The van der Waals surface area contributed by atoms with Gasteiger partial charge in [0.25, 0.3) is 5.91 Å². The maximum atomic E-state index is 12.5. The average molecular weight is 390 g/mol. The van der Waals surface area contributed by atoms with Gasteiger partial charge in [-0.2, -0.15) is 4.98 Å². The summed E-state index contributed by atoms with van der Waals surface area (Å²) in [4.78, 5) is 25.6. The second-order valence-electron chi connectivity index (χ2n) is 5.96. The number of anilines is 3. The van der Waals surface area contributed by atoms with Gasteiger partial charge in [-0.3, -0.25) is 4.79 Å². The number of nitrogens with zero attached hydrogens (tertiary/aromatic N) is 4. The van der Waals surface area contributed by atoms with Crippen LogP contribution in [0.2, 0.25) is 0 Å². The Kier molecular flexibility index (Phi) is 4.99. The maximum absolute atomic E-state index is 12.5. The zero-order chi connectivity index (χ0) is 17.1. The molecule has 0 bridgehead atoms. The predicted octanol–water partition coefficient (Wildman–Crippen LogP) is 3.16. The zero-order valence-electron chi connectivity index (χ0n) is 13.8. The van der Waals surface area contributed by atoms with E-state index in [1.165, 1.54) is 12.8 Å². The minimum absolute atomic E-state index is 0.183. The third-order valence-electron chi connectivity index (χ3n) is 3.90. The number of benzene rings is 1. The van der Waals surface area contributed by atoms with Crippen molar-refractivity contribution in [3.05, 3.63) is 40.5 Å². The van der Waals surface area contributed by atoms with Gasteiger partial charge in [-0.25, -0.2) is 4.98 Å². The highest BCUT2D eigenvalue weighted by molar-refractivity contribution is 9.10. The fourth-order valence-corrected chi connectivity index (χ4v) is 3.09. The monoisotopic (exact) mass is 389 g/mol. The van der Waals surface area contributed by atoms with Crippen molar-refractivity contribution in [3.63, 3.8) is 0 Å². The van der Waals surface area contributed by atoms with Gasteiger partial charge in [0, 0.05) is 37.2 Å². The molecular formula is C17H20BrN5O. The molecule has 1 saturated heterocycles. The molecule has 126 valence electrons. The molecule has 0 spiro atoms. The molecule has 6 nitrogen and oxygen atoms in total. The Morgan fingerprint density at radius 2 is 2.04 bits per heavy atom. The van der Waals surface area contributed by atoms with E-state index < -0.39 is 0 Å². The molecule has 1 amide bonds. The van der Waals surface area contributed by atoms with Gasteiger partial charge in [-0.1, -0.05) is 22.0 Å². The van der Waals surface area contributed by atoms with Gasteiger partial charge in [0.05, 0.1) is 6.20 Å². The largest absolute Gasteiger partial charge is 0.361 e. The zero-order valence-corrected chi connectivity index (χ0v) is 15.4. The highest BCUT2D eigenvalue weighted by atomic mass is 79.9. The van der Waals surface area contributed by atoms with E-state index in [1.807, 2.05) is 31.1 Å². The first-order valence-electron chi connectivity index (χ1n) is 7.91. The molecule has 2 aromatic rings. The molecule has 1 aromatic carbocycles. The number of carbonyl (C=O) groups excluding carboxylic acids is 1. The van der Waals surface area contributed by atoms with E-state index in [0.717, 1.165) is 23.5 Å². The van der Waals surface area contributed by atoms with Crippen molar-refractivity contribution >= 4 is 39.3 Å². The van der Waals surface area contributed by atoms with Crippen molar-refractivity contribution in [1.82, 2.24) is 9.97 Å². The lowest BCUT2D eigenvalue weighted by Crippen LogP contribution is -2.23. The van der Waals surface area contributed by atoms with E-state index in [4.69, 9.17) is 0 Å². The van der Waals surface area contributed by atoms with Crippen LogP contribution in [0, 0.1) is 0 Å². The molecule has 1 N–H and O–H groups in total. The summed E-state index contributed by atoms with van der Waals surface area (Å²) in [7, 11) is 3.82. The second kappa shape index (κ2) is 7.17. The Bertz CT molecular complexity index is 744. The van der Waals surface area contributed by atoms with E-state index in [2.05, 4.69) is 36.1 Å². The third-order valence-corrected chi connectivity index (χ3v) is 4.40. The van der Waals surface area contributed by atoms with E-state index in [-0.39, 0.29) is 5.91 Å². The molecule has 7 heteroatoms. The van der Waals surface area contributed by atoms with Crippen LogP contribution in [0.1, 0.15) is 23.2 Å². The maximum Gasteiger partial charge on any atom is 0.255 e. The summed E-state index contributed by atoms with van der Waals surface area (Å²) in [5, 5.41) is 2.91. The lowest BCUT2D eigenvalue weighted by molar-refractivity contribution is 0.102. The number of carbonyl (C=O) groups is 1. The van der Waals surface area contributed by atoms with Crippen molar-refractivity contribution < 1.29 is 4.79 Å². The van der Waals surface area contributed by atoms with Gasteiger partial charge in [0.15, 0.2) is 5.82 Å².